The van der Waals surface area contributed by atoms with Crippen LogP contribution in [0, 0.1) is 0 Å². The van der Waals surface area contributed by atoms with Crippen molar-refractivity contribution < 1.29 is 14.7 Å². The van der Waals surface area contributed by atoms with Gasteiger partial charge in [0.15, 0.2) is 0 Å². The van der Waals surface area contributed by atoms with Crippen LogP contribution in [0.2, 0.25) is 0 Å². The van der Waals surface area contributed by atoms with Gasteiger partial charge in [0.25, 0.3) is 0 Å². The third-order valence-electron chi connectivity index (χ3n) is 6.04. The molecule has 0 saturated carbocycles. The molecule has 3 atom stereocenters. The zero-order valence-electron chi connectivity index (χ0n) is 17.9. The lowest BCUT2D eigenvalue weighted by atomic mass is 9.73. The van der Waals surface area contributed by atoms with Crippen molar-refractivity contribution >= 4 is 24.1 Å². The Hall–Kier alpha value is -3.12. The Kier molecular flexibility index (Phi) is 6.09. The maximum atomic E-state index is 12.7. The van der Waals surface area contributed by atoms with E-state index in [0.717, 1.165) is 16.7 Å². The minimum absolute atomic E-state index is 0.00996. The van der Waals surface area contributed by atoms with Gasteiger partial charge in [-0.15, -0.1) is 0 Å². The maximum absolute atomic E-state index is 12.7. The van der Waals surface area contributed by atoms with Gasteiger partial charge in [-0.05, 0) is 30.5 Å². The number of hydrogen-bond acceptors (Lipinski definition) is 3. The first kappa shape index (κ1) is 21.1. The van der Waals surface area contributed by atoms with Crippen LogP contribution in [0.3, 0.4) is 0 Å². The largest absolute Gasteiger partial charge is 0.394 e. The molecule has 2 aliphatic heterocycles. The molecule has 0 unspecified atom stereocenters. The number of nitrogens with one attached hydrogen (secondary N) is 1. The highest BCUT2D eigenvalue weighted by Gasteiger charge is 2.54. The lowest BCUT2D eigenvalue weighted by molar-refractivity contribution is -0.159. The van der Waals surface area contributed by atoms with Gasteiger partial charge in [-0.1, -0.05) is 66.7 Å². The number of hydrogen-bond donors (Lipinski definition) is 2. The second-order valence-electron chi connectivity index (χ2n) is 8.54. The fourth-order valence-corrected chi connectivity index (χ4v) is 4.58. The second kappa shape index (κ2) is 8.94. The van der Waals surface area contributed by atoms with E-state index in [9.17, 15) is 14.7 Å². The van der Waals surface area contributed by atoms with Crippen molar-refractivity contribution in [2.24, 2.45) is 0 Å². The van der Waals surface area contributed by atoms with E-state index in [1.807, 2.05) is 32.0 Å². The highest BCUT2D eigenvalue weighted by atomic mass is 16.3. The first-order chi connectivity index (χ1) is 15.0. The molecular formula is C25H29N3O3. The first-order valence-electron chi connectivity index (χ1n) is 10.8. The van der Waals surface area contributed by atoms with Crippen LogP contribution in [0.25, 0.3) is 12.2 Å². The van der Waals surface area contributed by atoms with Crippen molar-refractivity contribution in [3.63, 3.8) is 0 Å². The van der Waals surface area contributed by atoms with Crippen LogP contribution < -0.4 is 5.32 Å². The number of nitrogens with zero attached hydrogens (tertiary/aromatic N) is 2. The molecular weight excluding hydrogens is 390 g/mol. The number of aliphatic hydroxyl groups is 1. The minimum Gasteiger partial charge on any atom is -0.394 e. The molecule has 6 nitrogen and oxygen atoms in total. The molecule has 0 aromatic heterocycles. The fraction of sp³-hybridized carbons (Fsp3) is 0.360. The van der Waals surface area contributed by atoms with E-state index in [2.05, 4.69) is 53.9 Å². The van der Waals surface area contributed by atoms with Crippen LogP contribution in [0.15, 0.2) is 54.6 Å². The SMILES string of the molecule is CC(C)NC(=O)N1CC(=O)N2[C@@H](CO)[C@H](c3ccc(C=Cc4ccccc4)cc3)[C@@H]2C1. The minimum atomic E-state index is -0.237. The topological polar surface area (TPSA) is 72.9 Å². The summed E-state index contributed by atoms with van der Waals surface area (Å²) in [5.41, 5.74) is 3.31. The average molecular weight is 420 g/mol. The summed E-state index contributed by atoms with van der Waals surface area (Å²) in [6, 6.07) is 17.8. The molecule has 0 aliphatic carbocycles. The Morgan fingerprint density at radius 3 is 2.35 bits per heavy atom. The molecule has 2 aromatic rings. The zero-order chi connectivity index (χ0) is 22.0. The van der Waals surface area contributed by atoms with Gasteiger partial charge < -0.3 is 20.2 Å². The van der Waals surface area contributed by atoms with Crippen LogP contribution in [0.4, 0.5) is 4.79 Å². The molecule has 6 heteroatoms. The van der Waals surface area contributed by atoms with Gasteiger partial charge in [0, 0.05) is 18.5 Å². The monoisotopic (exact) mass is 419 g/mol. The van der Waals surface area contributed by atoms with Crippen molar-refractivity contribution in [3.05, 3.63) is 71.3 Å². The van der Waals surface area contributed by atoms with E-state index in [1.54, 1.807) is 9.80 Å². The molecule has 2 saturated heterocycles. The molecule has 2 aromatic carbocycles. The number of aliphatic hydroxyl groups excluding tert-OH is 1. The quantitative estimate of drug-likeness (QED) is 0.732. The van der Waals surface area contributed by atoms with Crippen LogP contribution in [-0.2, 0) is 4.79 Å². The predicted molar refractivity (Wildman–Crippen MR) is 121 cm³/mol. The number of fused-ring (bicyclic) bond motifs is 1. The number of carbonyl (C=O) groups is 2. The van der Waals surface area contributed by atoms with Gasteiger partial charge >= 0.3 is 6.03 Å². The fourth-order valence-electron chi connectivity index (χ4n) is 4.58. The van der Waals surface area contributed by atoms with E-state index in [4.69, 9.17) is 0 Å². The van der Waals surface area contributed by atoms with Crippen LogP contribution in [0.5, 0.6) is 0 Å². The van der Waals surface area contributed by atoms with Gasteiger partial charge in [-0.2, -0.15) is 0 Å². The summed E-state index contributed by atoms with van der Waals surface area (Å²) in [4.78, 5) is 28.4. The Labute approximate surface area is 183 Å². The van der Waals surface area contributed by atoms with E-state index in [-0.39, 0.29) is 49.1 Å². The van der Waals surface area contributed by atoms with E-state index in [0.29, 0.717) is 6.54 Å². The smallest absolute Gasteiger partial charge is 0.318 e. The summed E-state index contributed by atoms with van der Waals surface area (Å²) in [7, 11) is 0. The van der Waals surface area contributed by atoms with Crippen LogP contribution in [-0.4, -0.2) is 64.7 Å². The molecule has 2 fully saturated rings. The van der Waals surface area contributed by atoms with Crippen LogP contribution in [0.1, 0.15) is 36.5 Å². The van der Waals surface area contributed by atoms with Crippen molar-refractivity contribution in [3.8, 4) is 0 Å². The van der Waals surface area contributed by atoms with Crippen molar-refractivity contribution in [1.29, 1.82) is 0 Å². The van der Waals surface area contributed by atoms with Gasteiger partial charge in [0.1, 0.15) is 6.54 Å². The Morgan fingerprint density at radius 2 is 1.74 bits per heavy atom. The summed E-state index contributed by atoms with van der Waals surface area (Å²) >= 11 is 0. The molecule has 0 spiro atoms. The third-order valence-corrected chi connectivity index (χ3v) is 6.04. The lowest BCUT2D eigenvalue weighted by Gasteiger charge is -2.58. The van der Waals surface area contributed by atoms with Crippen LogP contribution >= 0.6 is 0 Å². The normalized spacial score (nSPS) is 23.1. The second-order valence-corrected chi connectivity index (χ2v) is 8.54. The van der Waals surface area contributed by atoms with Gasteiger partial charge in [-0.3, -0.25) is 4.79 Å². The molecule has 4 rings (SSSR count). The molecule has 0 bridgehead atoms. The summed E-state index contributed by atoms with van der Waals surface area (Å²) in [6.07, 6.45) is 4.14. The Bertz CT molecular complexity index is 956. The van der Waals surface area contributed by atoms with E-state index < -0.39 is 0 Å². The molecule has 3 amide bonds. The van der Waals surface area contributed by atoms with Gasteiger partial charge in [0.2, 0.25) is 5.91 Å². The summed E-state index contributed by atoms with van der Waals surface area (Å²) in [5.74, 6) is -0.0939. The summed E-state index contributed by atoms with van der Waals surface area (Å²) < 4.78 is 0. The first-order valence-corrected chi connectivity index (χ1v) is 10.8. The average Bonchev–Trinajstić information content (AvgIpc) is 2.74. The Balaban J connectivity index is 1.49. The number of urea groups is 1. The molecule has 31 heavy (non-hydrogen) atoms. The Morgan fingerprint density at radius 1 is 1.10 bits per heavy atom. The molecule has 2 aliphatic rings. The highest BCUT2D eigenvalue weighted by Crippen LogP contribution is 2.42. The molecule has 162 valence electrons. The molecule has 2 N–H and O–H groups in total. The number of rotatable bonds is 5. The lowest BCUT2D eigenvalue weighted by Crippen LogP contribution is -2.74. The standard InChI is InChI=1S/C25H29N3O3/c1-17(2)26-25(31)27-14-21-24(22(16-29)28(21)23(30)15-27)20-12-10-19(11-13-20)9-8-18-6-4-3-5-7-18/h3-13,17,21-22,24,29H,14-16H2,1-2H3,(H,26,31)/t21-,22-,24+/m0/s1. The zero-order valence-corrected chi connectivity index (χ0v) is 17.9. The number of piperazine rings is 1. The maximum Gasteiger partial charge on any atom is 0.318 e. The third kappa shape index (κ3) is 4.35. The van der Waals surface area contributed by atoms with Crippen molar-refractivity contribution in [2.45, 2.75) is 37.9 Å². The molecule has 0 radical (unpaired) electrons. The predicted octanol–water partition coefficient (Wildman–Crippen LogP) is 2.95. The van der Waals surface area contributed by atoms with Crippen molar-refractivity contribution in [2.75, 3.05) is 19.7 Å². The highest BCUT2D eigenvalue weighted by molar-refractivity contribution is 5.87. The van der Waals surface area contributed by atoms with E-state index in [1.165, 1.54) is 0 Å². The van der Waals surface area contributed by atoms with Gasteiger partial charge in [-0.25, -0.2) is 4.79 Å². The van der Waals surface area contributed by atoms with Crippen molar-refractivity contribution in [1.82, 2.24) is 15.1 Å². The number of carbonyl (C=O) groups excluding carboxylic acids is 2. The van der Waals surface area contributed by atoms with Gasteiger partial charge in [0.05, 0.1) is 18.7 Å². The number of amides is 3. The van der Waals surface area contributed by atoms with E-state index >= 15 is 0 Å². The number of benzene rings is 2. The summed E-state index contributed by atoms with van der Waals surface area (Å²) in [6.45, 7) is 4.25. The molecule has 2 heterocycles. The summed E-state index contributed by atoms with van der Waals surface area (Å²) in [5, 5.41) is 12.8.